The molecule has 37 heavy (non-hydrogen) atoms. The fourth-order valence-corrected chi connectivity index (χ4v) is 10.0. The molecule has 0 bridgehead atoms. The van der Waals surface area contributed by atoms with Gasteiger partial charge in [-0.2, -0.15) is 16.8 Å². The molecule has 0 spiro atoms. The van der Waals surface area contributed by atoms with E-state index in [1.807, 2.05) is 6.92 Å². The second-order valence-corrected chi connectivity index (χ2v) is 15.2. The van der Waals surface area contributed by atoms with E-state index in [-0.39, 0.29) is 17.9 Å². The van der Waals surface area contributed by atoms with E-state index < -0.39 is 26.9 Å². The van der Waals surface area contributed by atoms with Crippen LogP contribution in [0, 0.1) is 46.3 Å². The summed E-state index contributed by atoms with van der Waals surface area (Å²) in [6.07, 6.45) is 13.1. The largest absolute Gasteiger partial charge is 0.397 e. The normalized spacial score (nSPS) is 39.7. The monoisotopic (exact) mass is 562 g/mol. The summed E-state index contributed by atoms with van der Waals surface area (Å²) in [4.78, 5) is 0. The van der Waals surface area contributed by atoms with Gasteiger partial charge in [0.1, 0.15) is 0 Å². The second kappa shape index (κ2) is 10.8. The third-order valence-corrected chi connectivity index (χ3v) is 11.9. The molecule has 0 radical (unpaired) electrons. The molecule has 0 aromatic rings. The van der Waals surface area contributed by atoms with Gasteiger partial charge in [-0.05, 0) is 104 Å². The Labute approximate surface area is 223 Å². The molecular weight excluding hydrogens is 516 g/mol. The van der Waals surface area contributed by atoms with Gasteiger partial charge in [0.15, 0.2) is 0 Å². The molecular formula is C27H46O8S2. The highest BCUT2D eigenvalue weighted by atomic mass is 32.3. The molecule has 214 valence electrons. The molecule has 9 atom stereocenters. The van der Waals surface area contributed by atoms with Crippen LogP contribution in [-0.4, -0.2) is 38.7 Å². The van der Waals surface area contributed by atoms with Gasteiger partial charge in [0.05, 0.1) is 12.7 Å². The SMILES string of the molecule is CC(CCC[C@@H](C)[C@@H]1CC[C@H]2[C@@H]3CC=C4CC(OS(=O)(=O)O)CC[C@]4(C)[C@H]3CC[C@@]21C)COS(=O)(=O)O. The summed E-state index contributed by atoms with van der Waals surface area (Å²) >= 11 is 0. The maximum atomic E-state index is 11.3. The van der Waals surface area contributed by atoms with Gasteiger partial charge in [0.2, 0.25) is 0 Å². The molecule has 4 aliphatic carbocycles. The predicted octanol–water partition coefficient (Wildman–Crippen LogP) is 6.02. The van der Waals surface area contributed by atoms with Gasteiger partial charge in [0, 0.05) is 0 Å². The summed E-state index contributed by atoms with van der Waals surface area (Å²) in [5.41, 5.74) is 1.76. The lowest BCUT2D eigenvalue weighted by atomic mass is 9.47. The third-order valence-electron chi connectivity index (χ3n) is 10.9. The Hall–Kier alpha value is -0.520. The van der Waals surface area contributed by atoms with Crippen molar-refractivity contribution in [1.29, 1.82) is 0 Å². The molecule has 8 nitrogen and oxygen atoms in total. The average molecular weight is 563 g/mol. The van der Waals surface area contributed by atoms with Gasteiger partial charge in [-0.3, -0.25) is 9.11 Å². The molecule has 4 rings (SSSR count). The van der Waals surface area contributed by atoms with Crippen molar-refractivity contribution in [2.75, 3.05) is 6.61 Å². The smallest absolute Gasteiger partial charge is 0.264 e. The van der Waals surface area contributed by atoms with Crippen LogP contribution in [0.15, 0.2) is 11.6 Å². The molecule has 10 heteroatoms. The second-order valence-electron chi connectivity index (χ2n) is 13.1. The molecule has 0 aromatic heterocycles. The van der Waals surface area contributed by atoms with Crippen molar-refractivity contribution in [3.63, 3.8) is 0 Å². The van der Waals surface area contributed by atoms with Gasteiger partial charge in [-0.25, -0.2) is 8.37 Å². The predicted molar refractivity (Wildman–Crippen MR) is 141 cm³/mol. The minimum absolute atomic E-state index is 0.0243. The van der Waals surface area contributed by atoms with Crippen molar-refractivity contribution in [2.24, 2.45) is 46.3 Å². The Morgan fingerprint density at radius 1 is 0.973 bits per heavy atom. The summed E-state index contributed by atoms with van der Waals surface area (Å²) in [6, 6.07) is 0. The maximum Gasteiger partial charge on any atom is 0.397 e. The van der Waals surface area contributed by atoms with E-state index in [9.17, 15) is 16.8 Å². The maximum absolute atomic E-state index is 11.3. The first-order valence-corrected chi connectivity index (χ1v) is 16.8. The van der Waals surface area contributed by atoms with Crippen LogP contribution in [0.4, 0.5) is 0 Å². The van der Waals surface area contributed by atoms with E-state index in [4.69, 9.17) is 13.3 Å². The fraction of sp³-hybridized carbons (Fsp3) is 0.926. The zero-order valence-corrected chi connectivity index (χ0v) is 24.4. The molecule has 2 unspecified atom stereocenters. The first kappa shape index (κ1) is 29.5. The van der Waals surface area contributed by atoms with Gasteiger partial charge < -0.3 is 0 Å². The quantitative estimate of drug-likeness (QED) is 0.245. The van der Waals surface area contributed by atoms with E-state index >= 15 is 0 Å². The Balaban J connectivity index is 1.37. The molecule has 3 saturated carbocycles. The van der Waals surface area contributed by atoms with Crippen LogP contribution in [-0.2, 0) is 29.2 Å². The van der Waals surface area contributed by atoms with E-state index in [1.54, 1.807) is 0 Å². The van der Waals surface area contributed by atoms with Gasteiger partial charge in [-0.15, -0.1) is 0 Å². The van der Waals surface area contributed by atoms with Gasteiger partial charge in [0.25, 0.3) is 0 Å². The summed E-state index contributed by atoms with van der Waals surface area (Å²) in [7, 11) is -8.80. The van der Waals surface area contributed by atoms with Crippen molar-refractivity contribution in [3.8, 4) is 0 Å². The fourth-order valence-electron chi connectivity index (χ4n) is 9.13. The van der Waals surface area contributed by atoms with Crippen LogP contribution < -0.4 is 0 Å². The zero-order chi connectivity index (χ0) is 27.2. The molecule has 0 saturated heterocycles. The lowest BCUT2D eigenvalue weighted by Crippen LogP contribution is -2.51. The molecule has 3 fully saturated rings. The molecule has 0 aromatic carbocycles. The molecule has 0 amide bonds. The summed E-state index contributed by atoms with van der Waals surface area (Å²) < 4.78 is 71.6. The lowest BCUT2D eigenvalue weighted by molar-refractivity contribution is -0.0560. The Kier molecular flexibility index (Phi) is 8.60. The molecule has 0 aliphatic heterocycles. The van der Waals surface area contributed by atoms with Crippen LogP contribution >= 0.6 is 0 Å². The minimum atomic E-state index is -4.43. The minimum Gasteiger partial charge on any atom is -0.264 e. The highest BCUT2D eigenvalue weighted by Gasteiger charge is 2.59. The van der Waals surface area contributed by atoms with Crippen molar-refractivity contribution in [1.82, 2.24) is 0 Å². The van der Waals surface area contributed by atoms with Crippen molar-refractivity contribution in [3.05, 3.63) is 11.6 Å². The number of fused-ring (bicyclic) bond motifs is 5. The number of hydrogen-bond donors (Lipinski definition) is 2. The van der Waals surface area contributed by atoms with E-state index in [2.05, 4.69) is 31.0 Å². The van der Waals surface area contributed by atoms with E-state index in [1.165, 1.54) is 31.3 Å². The van der Waals surface area contributed by atoms with Crippen molar-refractivity contribution < 1.29 is 34.3 Å². The zero-order valence-electron chi connectivity index (χ0n) is 22.8. The number of hydrogen-bond acceptors (Lipinski definition) is 6. The highest BCUT2D eigenvalue weighted by Crippen LogP contribution is 2.67. The Morgan fingerprint density at radius 3 is 2.38 bits per heavy atom. The van der Waals surface area contributed by atoms with Gasteiger partial charge in [-0.1, -0.05) is 52.2 Å². The third kappa shape index (κ3) is 6.46. The van der Waals surface area contributed by atoms with Crippen molar-refractivity contribution in [2.45, 2.75) is 104 Å². The Bertz CT molecular complexity index is 1070. The molecule has 4 aliphatic rings. The first-order chi connectivity index (χ1) is 17.1. The standard InChI is InChI=1S/C27H46O8S2/c1-18(17-34-36(28,29)30)6-5-7-19(2)23-10-11-24-22-9-8-20-16-21(35-37(31,32)33)12-14-26(20,3)25(22)13-15-27(23,24)4/h8,18-19,21-25H,5-7,9-17H2,1-4H3,(H,28,29,30)(H,31,32,33)/t18?,19-,21?,22+,23+,24+,25+,26+,27-/m1/s1. The topological polar surface area (TPSA) is 127 Å². The van der Waals surface area contributed by atoms with Crippen LogP contribution in [0.1, 0.15) is 98.3 Å². The van der Waals surface area contributed by atoms with E-state index in [0.29, 0.717) is 47.8 Å². The van der Waals surface area contributed by atoms with Crippen molar-refractivity contribution >= 4 is 20.8 Å². The average Bonchev–Trinajstić information content (AvgIpc) is 3.14. The summed E-state index contributed by atoms with van der Waals surface area (Å²) in [5, 5.41) is 0. The lowest BCUT2D eigenvalue weighted by Gasteiger charge is -2.58. The van der Waals surface area contributed by atoms with Crippen LogP contribution in [0.5, 0.6) is 0 Å². The Morgan fingerprint density at radius 2 is 1.70 bits per heavy atom. The van der Waals surface area contributed by atoms with Crippen LogP contribution in [0.25, 0.3) is 0 Å². The molecule has 2 N–H and O–H groups in total. The van der Waals surface area contributed by atoms with Crippen LogP contribution in [0.2, 0.25) is 0 Å². The summed E-state index contributed by atoms with van der Waals surface area (Å²) in [5.74, 6) is 3.39. The van der Waals surface area contributed by atoms with Gasteiger partial charge >= 0.3 is 20.8 Å². The number of rotatable bonds is 10. The van der Waals surface area contributed by atoms with Crippen LogP contribution in [0.3, 0.4) is 0 Å². The molecule has 0 heterocycles. The number of allylic oxidation sites excluding steroid dienone is 1. The highest BCUT2D eigenvalue weighted by molar-refractivity contribution is 7.81. The summed E-state index contributed by atoms with van der Waals surface area (Å²) in [6.45, 7) is 9.28. The first-order valence-electron chi connectivity index (χ1n) is 14.1. The van der Waals surface area contributed by atoms with E-state index in [0.717, 1.165) is 32.1 Å².